The number of hydrogen-bond acceptors (Lipinski definition) is 2. The molecule has 1 aromatic carbocycles. The minimum atomic E-state index is -0.0216. The number of carbonyl (C=O) groups excluding carboxylic acids is 1. The van der Waals surface area contributed by atoms with E-state index in [1.165, 1.54) is 31.2 Å². The molecule has 1 aromatic heterocycles. The fourth-order valence-corrected chi connectivity index (χ4v) is 3.44. The summed E-state index contributed by atoms with van der Waals surface area (Å²) >= 11 is 0. The van der Waals surface area contributed by atoms with Crippen molar-refractivity contribution >= 4 is 12.0 Å². The summed E-state index contributed by atoms with van der Waals surface area (Å²) in [6.07, 6.45) is 12.8. The Labute approximate surface area is 143 Å². The standard InChI is InChI=1S/C21H24N2O/c24-21(13-12-18-9-6-14-22-16-18)23-20(19-10-4-5-11-19)15-17-7-2-1-3-8-17/h1-3,6-9,12-14,16,19-20H,4-5,10-11,15H2,(H,23,24)/b13-12+. The van der Waals surface area contributed by atoms with Crippen molar-refractivity contribution < 1.29 is 4.79 Å². The highest BCUT2D eigenvalue weighted by atomic mass is 16.1. The summed E-state index contributed by atoms with van der Waals surface area (Å²) in [6.45, 7) is 0. The van der Waals surface area contributed by atoms with E-state index in [4.69, 9.17) is 0 Å². The molecule has 2 aromatic rings. The lowest BCUT2D eigenvalue weighted by Gasteiger charge is -2.24. The van der Waals surface area contributed by atoms with Gasteiger partial charge in [0.2, 0.25) is 5.91 Å². The number of nitrogens with one attached hydrogen (secondary N) is 1. The summed E-state index contributed by atoms with van der Waals surface area (Å²) < 4.78 is 0. The summed E-state index contributed by atoms with van der Waals surface area (Å²) in [5, 5.41) is 3.23. The SMILES string of the molecule is O=C(/C=C/c1cccnc1)NC(Cc1ccccc1)C1CCCC1. The van der Waals surface area contributed by atoms with Crippen molar-refractivity contribution in [3.8, 4) is 0 Å². The van der Waals surface area contributed by atoms with E-state index in [9.17, 15) is 4.79 Å². The largest absolute Gasteiger partial charge is 0.349 e. The second-order valence-corrected chi connectivity index (χ2v) is 6.47. The fourth-order valence-electron chi connectivity index (χ4n) is 3.44. The molecule has 0 saturated heterocycles. The molecule has 3 rings (SSSR count). The van der Waals surface area contributed by atoms with E-state index in [0.29, 0.717) is 5.92 Å². The van der Waals surface area contributed by atoms with Crippen LogP contribution in [0.2, 0.25) is 0 Å². The van der Waals surface area contributed by atoms with Crippen LogP contribution in [0.1, 0.15) is 36.8 Å². The van der Waals surface area contributed by atoms with Crippen molar-refractivity contribution in [2.24, 2.45) is 5.92 Å². The quantitative estimate of drug-likeness (QED) is 0.817. The number of pyridine rings is 1. The highest BCUT2D eigenvalue weighted by Crippen LogP contribution is 2.29. The summed E-state index contributed by atoms with van der Waals surface area (Å²) in [4.78, 5) is 16.4. The Morgan fingerprint density at radius 3 is 2.67 bits per heavy atom. The number of carbonyl (C=O) groups is 1. The first-order valence-corrected chi connectivity index (χ1v) is 8.74. The minimum Gasteiger partial charge on any atom is -0.349 e. The van der Waals surface area contributed by atoms with Crippen LogP contribution in [0, 0.1) is 5.92 Å². The maximum Gasteiger partial charge on any atom is 0.244 e. The number of nitrogens with zero attached hydrogens (tertiary/aromatic N) is 1. The number of amides is 1. The summed E-state index contributed by atoms with van der Waals surface area (Å²) in [7, 11) is 0. The molecular formula is C21H24N2O. The van der Waals surface area contributed by atoms with E-state index in [2.05, 4.69) is 34.6 Å². The van der Waals surface area contributed by atoms with Crippen LogP contribution in [0.15, 0.2) is 60.9 Å². The van der Waals surface area contributed by atoms with E-state index in [1.807, 2.05) is 24.3 Å². The number of aromatic nitrogens is 1. The molecule has 0 bridgehead atoms. The molecule has 1 aliphatic rings. The van der Waals surface area contributed by atoms with Gasteiger partial charge in [-0.3, -0.25) is 9.78 Å². The second kappa shape index (κ2) is 8.44. The van der Waals surface area contributed by atoms with Gasteiger partial charge in [0.1, 0.15) is 0 Å². The second-order valence-electron chi connectivity index (χ2n) is 6.47. The number of hydrogen-bond donors (Lipinski definition) is 1. The first-order valence-electron chi connectivity index (χ1n) is 8.74. The average molecular weight is 320 g/mol. The predicted octanol–water partition coefficient (Wildman–Crippen LogP) is 4.01. The van der Waals surface area contributed by atoms with Crippen molar-refractivity contribution in [3.05, 3.63) is 72.1 Å². The third kappa shape index (κ3) is 4.79. The first-order chi connectivity index (χ1) is 11.8. The highest BCUT2D eigenvalue weighted by molar-refractivity contribution is 5.91. The highest BCUT2D eigenvalue weighted by Gasteiger charge is 2.26. The van der Waals surface area contributed by atoms with Crippen molar-refractivity contribution in [3.63, 3.8) is 0 Å². The van der Waals surface area contributed by atoms with Crippen LogP contribution in [-0.2, 0) is 11.2 Å². The van der Waals surface area contributed by atoms with Gasteiger partial charge in [0.05, 0.1) is 0 Å². The molecule has 124 valence electrons. The Balaban J connectivity index is 1.64. The number of rotatable bonds is 6. The van der Waals surface area contributed by atoms with Gasteiger partial charge in [-0.15, -0.1) is 0 Å². The molecule has 1 aliphatic carbocycles. The average Bonchev–Trinajstić information content (AvgIpc) is 3.16. The van der Waals surface area contributed by atoms with E-state index in [1.54, 1.807) is 18.5 Å². The molecule has 1 saturated carbocycles. The van der Waals surface area contributed by atoms with Crippen molar-refractivity contribution in [2.45, 2.75) is 38.1 Å². The molecule has 1 amide bonds. The van der Waals surface area contributed by atoms with Crippen molar-refractivity contribution in [1.82, 2.24) is 10.3 Å². The molecule has 1 heterocycles. The summed E-state index contributed by atoms with van der Waals surface area (Å²) in [6, 6.07) is 14.4. The minimum absolute atomic E-state index is 0.0216. The van der Waals surface area contributed by atoms with Gasteiger partial charge in [-0.05, 0) is 48.4 Å². The van der Waals surface area contributed by atoms with Gasteiger partial charge in [0.25, 0.3) is 0 Å². The van der Waals surface area contributed by atoms with Gasteiger partial charge in [0.15, 0.2) is 0 Å². The normalized spacial score (nSPS) is 16.3. The van der Waals surface area contributed by atoms with Crippen LogP contribution >= 0.6 is 0 Å². The molecule has 3 heteroatoms. The predicted molar refractivity (Wildman–Crippen MR) is 97.3 cm³/mol. The molecule has 0 spiro atoms. The van der Waals surface area contributed by atoms with Crippen LogP contribution in [0.5, 0.6) is 0 Å². The van der Waals surface area contributed by atoms with E-state index in [0.717, 1.165) is 12.0 Å². The fraction of sp³-hybridized carbons (Fsp3) is 0.333. The molecule has 1 fully saturated rings. The Hall–Kier alpha value is -2.42. The van der Waals surface area contributed by atoms with Crippen LogP contribution in [0.4, 0.5) is 0 Å². The van der Waals surface area contributed by atoms with Crippen LogP contribution in [0.25, 0.3) is 6.08 Å². The monoisotopic (exact) mass is 320 g/mol. The Bertz CT molecular complexity index is 661. The zero-order valence-electron chi connectivity index (χ0n) is 13.9. The molecule has 1 N–H and O–H groups in total. The maximum atomic E-state index is 12.4. The maximum absolute atomic E-state index is 12.4. The zero-order chi connectivity index (χ0) is 16.6. The molecule has 24 heavy (non-hydrogen) atoms. The first kappa shape index (κ1) is 16.4. The van der Waals surface area contributed by atoms with E-state index in [-0.39, 0.29) is 11.9 Å². The van der Waals surface area contributed by atoms with Crippen LogP contribution in [0.3, 0.4) is 0 Å². The lowest BCUT2D eigenvalue weighted by atomic mass is 9.92. The smallest absolute Gasteiger partial charge is 0.244 e. The Morgan fingerprint density at radius 1 is 1.17 bits per heavy atom. The molecule has 0 radical (unpaired) electrons. The van der Waals surface area contributed by atoms with Gasteiger partial charge in [0, 0.05) is 24.5 Å². The molecule has 3 nitrogen and oxygen atoms in total. The Kier molecular flexibility index (Phi) is 5.78. The van der Waals surface area contributed by atoms with Gasteiger partial charge < -0.3 is 5.32 Å². The lowest BCUT2D eigenvalue weighted by Crippen LogP contribution is -2.40. The number of benzene rings is 1. The molecule has 0 aliphatic heterocycles. The molecule has 1 atom stereocenters. The van der Waals surface area contributed by atoms with E-state index >= 15 is 0 Å². The van der Waals surface area contributed by atoms with Gasteiger partial charge in [-0.25, -0.2) is 0 Å². The third-order valence-electron chi connectivity index (χ3n) is 4.71. The topological polar surface area (TPSA) is 42.0 Å². The summed E-state index contributed by atoms with van der Waals surface area (Å²) in [5.41, 5.74) is 2.22. The zero-order valence-corrected chi connectivity index (χ0v) is 13.9. The Morgan fingerprint density at radius 2 is 1.96 bits per heavy atom. The van der Waals surface area contributed by atoms with Crippen molar-refractivity contribution in [2.75, 3.05) is 0 Å². The molecule has 1 unspecified atom stereocenters. The van der Waals surface area contributed by atoms with Crippen LogP contribution in [-0.4, -0.2) is 16.9 Å². The van der Waals surface area contributed by atoms with Crippen LogP contribution < -0.4 is 5.32 Å². The van der Waals surface area contributed by atoms with Gasteiger partial charge in [-0.1, -0.05) is 49.2 Å². The van der Waals surface area contributed by atoms with Crippen molar-refractivity contribution in [1.29, 1.82) is 0 Å². The van der Waals surface area contributed by atoms with Gasteiger partial charge in [-0.2, -0.15) is 0 Å². The lowest BCUT2D eigenvalue weighted by molar-refractivity contribution is -0.117. The molecular weight excluding hydrogens is 296 g/mol. The third-order valence-corrected chi connectivity index (χ3v) is 4.71. The van der Waals surface area contributed by atoms with E-state index < -0.39 is 0 Å². The summed E-state index contributed by atoms with van der Waals surface area (Å²) in [5.74, 6) is 0.563. The van der Waals surface area contributed by atoms with Gasteiger partial charge >= 0.3 is 0 Å².